The van der Waals surface area contributed by atoms with Gasteiger partial charge in [0.05, 0.1) is 0 Å². The van der Waals surface area contributed by atoms with Crippen molar-refractivity contribution in [1.82, 2.24) is 25.8 Å². The molecule has 16 heavy (non-hydrogen) atoms. The third kappa shape index (κ3) is 1.74. The Morgan fingerprint density at radius 2 is 2.12 bits per heavy atom. The van der Waals surface area contributed by atoms with Crippen LogP contribution in [-0.4, -0.2) is 34.2 Å². The molecule has 0 aliphatic rings. The van der Waals surface area contributed by atoms with Crippen LogP contribution in [0.1, 0.15) is 11.5 Å². The maximum absolute atomic E-state index is 11.9. The van der Waals surface area contributed by atoms with Crippen LogP contribution in [0.15, 0.2) is 9.42 Å². The summed E-state index contributed by atoms with van der Waals surface area (Å²) in [6, 6.07) is 0. The molecular weight excluding hydrogens is 236 g/mol. The normalized spacial score (nSPS) is 11.6. The van der Waals surface area contributed by atoms with Crippen molar-refractivity contribution in [3.05, 3.63) is 11.5 Å². The van der Waals surface area contributed by atoms with Crippen LogP contribution in [0, 0.1) is 13.8 Å². The molecule has 2 aromatic heterocycles. The lowest BCUT2D eigenvalue weighted by atomic mass is 10.4. The van der Waals surface area contributed by atoms with E-state index in [0.29, 0.717) is 0 Å². The van der Waals surface area contributed by atoms with Crippen molar-refractivity contribution in [1.29, 1.82) is 0 Å². The quantitative estimate of drug-likeness (QED) is 0.752. The third-order valence-corrected chi connectivity index (χ3v) is 3.38. The fourth-order valence-corrected chi connectivity index (χ4v) is 2.51. The van der Waals surface area contributed by atoms with E-state index >= 15 is 0 Å². The van der Waals surface area contributed by atoms with Gasteiger partial charge in [0.2, 0.25) is 0 Å². The second kappa shape index (κ2) is 3.56. The highest BCUT2D eigenvalue weighted by Gasteiger charge is 2.25. The van der Waals surface area contributed by atoms with Crippen LogP contribution in [0.25, 0.3) is 0 Å². The summed E-state index contributed by atoms with van der Waals surface area (Å²) in [5.41, 5.74) is 0.272. The van der Waals surface area contributed by atoms with Gasteiger partial charge < -0.3 is 4.52 Å². The molecule has 0 aliphatic heterocycles. The molecule has 0 aliphatic carbocycles. The smallest absolute Gasteiger partial charge is 0.276 e. The number of aromatic nitrogens is 5. The summed E-state index contributed by atoms with van der Waals surface area (Å²) in [5, 5.41) is 15.9. The lowest BCUT2D eigenvalue weighted by molar-refractivity contribution is 0.390. The number of hydrogen-bond donors (Lipinski definition) is 2. The molecule has 0 aromatic carbocycles. The van der Waals surface area contributed by atoms with Gasteiger partial charge in [0.1, 0.15) is 5.69 Å². The maximum Gasteiger partial charge on any atom is 0.276 e. The molecule has 2 aromatic rings. The summed E-state index contributed by atoms with van der Waals surface area (Å²) in [5.74, 6) is 0.0634. The summed E-state index contributed by atoms with van der Waals surface area (Å²) in [6.45, 7) is 3.03. The van der Waals surface area contributed by atoms with Crippen molar-refractivity contribution >= 4 is 16.0 Å². The Morgan fingerprint density at radius 1 is 1.38 bits per heavy atom. The number of tetrazole rings is 1. The van der Waals surface area contributed by atoms with Gasteiger partial charge in [-0.15, -0.1) is 5.10 Å². The standard InChI is InChI=1S/C6H8N6O3S/c1-3-5(4(2)15-9-3)16(13,14)10-6-7-11-12-8-6/h1-2H3,(H2,7,8,10,11,12). The van der Waals surface area contributed by atoms with E-state index in [1.54, 1.807) is 0 Å². The van der Waals surface area contributed by atoms with E-state index in [2.05, 4.69) is 30.5 Å². The number of anilines is 1. The second-order valence-corrected chi connectivity index (χ2v) is 4.61. The van der Waals surface area contributed by atoms with Crippen molar-refractivity contribution in [2.45, 2.75) is 18.7 Å². The third-order valence-electron chi connectivity index (χ3n) is 1.81. The minimum Gasteiger partial charge on any atom is -0.360 e. The molecule has 0 atom stereocenters. The first kappa shape index (κ1) is 10.5. The van der Waals surface area contributed by atoms with Gasteiger partial charge in [-0.05, 0) is 19.1 Å². The molecule has 10 heteroatoms. The molecule has 2 heterocycles. The van der Waals surface area contributed by atoms with Gasteiger partial charge >= 0.3 is 0 Å². The van der Waals surface area contributed by atoms with Crippen LogP contribution in [0.4, 0.5) is 5.95 Å². The van der Waals surface area contributed by atoms with Gasteiger partial charge in [0, 0.05) is 0 Å². The summed E-state index contributed by atoms with van der Waals surface area (Å²) < 4.78 is 30.6. The van der Waals surface area contributed by atoms with E-state index in [4.69, 9.17) is 4.52 Å². The predicted octanol–water partition coefficient (Wildman–Crippen LogP) is -0.395. The van der Waals surface area contributed by atoms with Crippen LogP contribution < -0.4 is 4.72 Å². The maximum atomic E-state index is 11.9. The van der Waals surface area contributed by atoms with Gasteiger partial charge in [0.15, 0.2) is 10.7 Å². The average Bonchev–Trinajstić information content (AvgIpc) is 2.76. The molecule has 9 nitrogen and oxygen atoms in total. The highest BCUT2D eigenvalue weighted by molar-refractivity contribution is 7.92. The first-order valence-electron chi connectivity index (χ1n) is 4.20. The van der Waals surface area contributed by atoms with Crippen molar-refractivity contribution < 1.29 is 12.9 Å². The van der Waals surface area contributed by atoms with Crippen LogP contribution in [-0.2, 0) is 10.0 Å². The Labute approximate surface area is 90.3 Å². The molecule has 0 saturated heterocycles. The van der Waals surface area contributed by atoms with E-state index in [1.165, 1.54) is 13.8 Å². The molecular formula is C6H8N6O3S. The second-order valence-electron chi connectivity index (χ2n) is 2.99. The Hall–Kier alpha value is -1.97. The summed E-state index contributed by atoms with van der Waals surface area (Å²) in [4.78, 5) is -0.0164. The molecule has 2 N–H and O–H groups in total. The molecule has 0 saturated carbocycles. The van der Waals surface area contributed by atoms with E-state index in [1.807, 2.05) is 0 Å². The first-order valence-corrected chi connectivity index (χ1v) is 5.68. The zero-order valence-corrected chi connectivity index (χ0v) is 9.24. The Morgan fingerprint density at radius 3 is 2.62 bits per heavy atom. The zero-order valence-electron chi connectivity index (χ0n) is 8.42. The van der Waals surface area contributed by atoms with Gasteiger partial charge in [-0.1, -0.05) is 10.3 Å². The number of nitrogens with one attached hydrogen (secondary N) is 2. The van der Waals surface area contributed by atoms with Crippen LogP contribution in [0.2, 0.25) is 0 Å². The topological polar surface area (TPSA) is 127 Å². The minimum absolute atomic E-state index is 0.0164. The number of aromatic amines is 1. The summed E-state index contributed by atoms with van der Waals surface area (Å²) in [7, 11) is -3.79. The summed E-state index contributed by atoms with van der Waals surface area (Å²) >= 11 is 0. The Kier molecular flexibility index (Phi) is 2.34. The number of sulfonamides is 1. The van der Waals surface area contributed by atoms with E-state index in [0.717, 1.165) is 0 Å². The van der Waals surface area contributed by atoms with Crippen molar-refractivity contribution in [3.8, 4) is 0 Å². The first-order chi connectivity index (χ1) is 7.50. The minimum atomic E-state index is -3.79. The highest BCUT2D eigenvalue weighted by atomic mass is 32.2. The largest absolute Gasteiger partial charge is 0.360 e. The Balaban J connectivity index is 2.40. The summed E-state index contributed by atoms with van der Waals surface area (Å²) in [6.07, 6.45) is 0. The Bertz CT molecular complexity index is 566. The zero-order chi connectivity index (χ0) is 11.8. The fraction of sp³-hybridized carbons (Fsp3) is 0.333. The number of rotatable bonds is 3. The lowest BCUT2D eigenvalue weighted by Gasteiger charge is -2.01. The molecule has 0 fully saturated rings. The number of nitrogens with zero attached hydrogens (tertiary/aromatic N) is 4. The SMILES string of the molecule is Cc1noc(C)c1S(=O)(=O)Nc1nn[nH]n1. The molecule has 86 valence electrons. The number of hydrogen-bond acceptors (Lipinski definition) is 7. The monoisotopic (exact) mass is 244 g/mol. The molecule has 0 unspecified atom stereocenters. The van der Waals surface area contributed by atoms with E-state index < -0.39 is 10.0 Å². The molecule has 2 rings (SSSR count). The molecule has 0 spiro atoms. The lowest BCUT2D eigenvalue weighted by Crippen LogP contribution is -2.15. The van der Waals surface area contributed by atoms with Crippen molar-refractivity contribution in [3.63, 3.8) is 0 Å². The highest BCUT2D eigenvalue weighted by Crippen LogP contribution is 2.20. The van der Waals surface area contributed by atoms with Crippen molar-refractivity contribution in [2.75, 3.05) is 4.72 Å². The average molecular weight is 244 g/mol. The molecule has 0 amide bonds. The van der Waals surface area contributed by atoms with Crippen LogP contribution in [0.5, 0.6) is 0 Å². The number of H-pyrrole nitrogens is 1. The van der Waals surface area contributed by atoms with Crippen LogP contribution in [0.3, 0.4) is 0 Å². The van der Waals surface area contributed by atoms with E-state index in [-0.39, 0.29) is 22.3 Å². The van der Waals surface area contributed by atoms with Gasteiger partial charge in [-0.3, -0.25) is 0 Å². The van der Waals surface area contributed by atoms with E-state index in [9.17, 15) is 8.42 Å². The van der Waals surface area contributed by atoms with Gasteiger partial charge in [-0.25, -0.2) is 13.1 Å². The van der Waals surface area contributed by atoms with Gasteiger partial charge in [-0.2, -0.15) is 5.21 Å². The van der Waals surface area contributed by atoms with Crippen molar-refractivity contribution in [2.24, 2.45) is 0 Å². The molecule has 0 bridgehead atoms. The van der Waals surface area contributed by atoms with Crippen LogP contribution >= 0.6 is 0 Å². The molecule has 0 radical (unpaired) electrons. The van der Waals surface area contributed by atoms with Gasteiger partial charge in [0.25, 0.3) is 16.0 Å². The number of aryl methyl sites for hydroxylation is 2. The predicted molar refractivity (Wildman–Crippen MR) is 51.0 cm³/mol. The fourth-order valence-electron chi connectivity index (χ4n) is 1.23.